The van der Waals surface area contributed by atoms with Crippen molar-refractivity contribution in [2.24, 2.45) is 0 Å². The van der Waals surface area contributed by atoms with Crippen molar-refractivity contribution >= 4 is 0 Å². The minimum Gasteiger partial charge on any atom is -0.383 e. The predicted octanol–water partition coefficient (Wildman–Crippen LogP) is 2.13. The van der Waals surface area contributed by atoms with E-state index < -0.39 is 11.6 Å². The third kappa shape index (κ3) is 3.87. The van der Waals surface area contributed by atoms with Gasteiger partial charge in [0.05, 0.1) is 6.61 Å². The van der Waals surface area contributed by atoms with E-state index in [0.717, 1.165) is 12.5 Å². The molecule has 0 saturated heterocycles. The first-order valence-electron chi connectivity index (χ1n) is 5.27. The zero-order valence-corrected chi connectivity index (χ0v) is 9.59. The number of ether oxygens (including phenoxy) is 1. The summed E-state index contributed by atoms with van der Waals surface area (Å²) in [4.78, 5) is 0. The van der Waals surface area contributed by atoms with Crippen LogP contribution in [0.5, 0.6) is 0 Å². The average Bonchev–Trinajstić information content (AvgIpc) is 2.26. The van der Waals surface area contributed by atoms with Crippen LogP contribution in [0.15, 0.2) is 18.2 Å². The molecule has 4 heteroatoms. The van der Waals surface area contributed by atoms with Crippen LogP contribution in [-0.2, 0) is 11.2 Å². The lowest BCUT2D eigenvalue weighted by atomic mass is 10.1. The van der Waals surface area contributed by atoms with Crippen LogP contribution in [0.2, 0.25) is 0 Å². The highest BCUT2D eigenvalue weighted by atomic mass is 19.1. The van der Waals surface area contributed by atoms with E-state index >= 15 is 0 Å². The Bertz CT molecular complexity index is 331. The number of hydrogen-bond acceptors (Lipinski definition) is 2. The van der Waals surface area contributed by atoms with E-state index in [1.165, 1.54) is 12.1 Å². The lowest BCUT2D eigenvalue weighted by Crippen LogP contribution is -2.30. The number of benzene rings is 1. The Balaban J connectivity index is 2.53. The highest BCUT2D eigenvalue weighted by Gasteiger charge is 2.08. The summed E-state index contributed by atoms with van der Waals surface area (Å²) in [7, 11) is 3.47. The van der Waals surface area contributed by atoms with Gasteiger partial charge in [0.2, 0.25) is 0 Å². The molecule has 1 aromatic carbocycles. The highest BCUT2D eigenvalue weighted by molar-refractivity contribution is 5.18. The first-order chi connectivity index (χ1) is 7.67. The summed E-state index contributed by atoms with van der Waals surface area (Å²) in [6.45, 7) is 0.583. The maximum Gasteiger partial charge on any atom is 0.129 e. The predicted molar refractivity (Wildman–Crippen MR) is 59.4 cm³/mol. The number of methoxy groups -OCH3 is 1. The maximum absolute atomic E-state index is 13.3. The summed E-state index contributed by atoms with van der Waals surface area (Å²) in [5.74, 6) is -1.02. The van der Waals surface area contributed by atoms with Crippen LogP contribution in [0.25, 0.3) is 0 Å². The van der Waals surface area contributed by atoms with Crippen LogP contribution in [0.4, 0.5) is 8.78 Å². The molecule has 0 aromatic heterocycles. The number of nitrogens with one attached hydrogen (secondary N) is 1. The minimum absolute atomic E-state index is 0.189. The first kappa shape index (κ1) is 13.1. The van der Waals surface area contributed by atoms with Gasteiger partial charge in [0.1, 0.15) is 11.6 Å². The van der Waals surface area contributed by atoms with Crippen LogP contribution in [0.3, 0.4) is 0 Å². The molecule has 2 nitrogen and oxygen atoms in total. The number of hydrogen-bond donors (Lipinski definition) is 1. The molecule has 0 aliphatic heterocycles. The van der Waals surface area contributed by atoms with Crippen molar-refractivity contribution in [3.05, 3.63) is 35.4 Å². The van der Waals surface area contributed by atoms with Gasteiger partial charge in [-0.05, 0) is 31.5 Å². The van der Waals surface area contributed by atoms with Crippen molar-refractivity contribution in [2.75, 3.05) is 20.8 Å². The number of rotatable bonds is 6. The summed E-state index contributed by atoms with van der Waals surface area (Å²) < 4.78 is 31.0. The molecule has 0 heterocycles. The van der Waals surface area contributed by atoms with Crippen LogP contribution >= 0.6 is 0 Å². The molecular formula is C12H17F2NO. The van der Waals surface area contributed by atoms with Crippen molar-refractivity contribution in [3.8, 4) is 0 Å². The van der Waals surface area contributed by atoms with Gasteiger partial charge in [0.25, 0.3) is 0 Å². The summed E-state index contributed by atoms with van der Waals surface area (Å²) in [5.41, 5.74) is 0.540. The van der Waals surface area contributed by atoms with Gasteiger partial charge in [-0.2, -0.15) is 0 Å². The number of halogens is 2. The van der Waals surface area contributed by atoms with Crippen molar-refractivity contribution in [1.82, 2.24) is 5.32 Å². The monoisotopic (exact) mass is 229 g/mol. The van der Waals surface area contributed by atoms with E-state index in [1.54, 1.807) is 7.11 Å². The molecule has 0 fully saturated rings. The zero-order chi connectivity index (χ0) is 12.0. The average molecular weight is 229 g/mol. The quantitative estimate of drug-likeness (QED) is 0.807. The minimum atomic E-state index is -0.539. The summed E-state index contributed by atoms with van der Waals surface area (Å²) in [6.07, 6.45) is 1.33. The molecule has 1 unspecified atom stereocenters. The van der Waals surface area contributed by atoms with Crippen molar-refractivity contribution in [2.45, 2.75) is 18.9 Å². The van der Waals surface area contributed by atoms with Crippen molar-refractivity contribution in [1.29, 1.82) is 0 Å². The normalized spacial score (nSPS) is 12.8. The molecule has 0 aliphatic rings. The Labute approximate surface area is 94.6 Å². The molecule has 1 rings (SSSR count). The van der Waals surface area contributed by atoms with E-state index in [9.17, 15) is 8.78 Å². The second-order valence-electron chi connectivity index (χ2n) is 3.72. The fourth-order valence-corrected chi connectivity index (χ4v) is 1.57. The molecule has 1 N–H and O–H groups in total. The van der Waals surface area contributed by atoms with Gasteiger partial charge in [-0.15, -0.1) is 0 Å². The molecule has 0 saturated carbocycles. The van der Waals surface area contributed by atoms with Gasteiger partial charge in [-0.25, -0.2) is 8.78 Å². The summed E-state index contributed by atoms with van der Waals surface area (Å²) >= 11 is 0. The van der Waals surface area contributed by atoms with Crippen LogP contribution in [0, 0.1) is 11.6 Å². The molecule has 90 valence electrons. The third-order valence-electron chi connectivity index (χ3n) is 2.55. The van der Waals surface area contributed by atoms with Crippen molar-refractivity contribution < 1.29 is 13.5 Å². The van der Waals surface area contributed by atoms with Crippen molar-refractivity contribution in [3.63, 3.8) is 0 Å². The fraction of sp³-hybridized carbons (Fsp3) is 0.500. The Morgan fingerprint density at radius 2 is 2.12 bits per heavy atom. The molecule has 0 aliphatic carbocycles. The Morgan fingerprint density at radius 1 is 1.38 bits per heavy atom. The van der Waals surface area contributed by atoms with Gasteiger partial charge in [0.15, 0.2) is 0 Å². The second kappa shape index (κ2) is 6.55. The molecule has 0 spiro atoms. The van der Waals surface area contributed by atoms with Crippen LogP contribution in [0.1, 0.15) is 12.0 Å². The molecule has 1 aromatic rings. The van der Waals surface area contributed by atoms with Gasteiger partial charge in [0, 0.05) is 19.2 Å². The summed E-state index contributed by atoms with van der Waals surface area (Å²) in [6, 6.07) is 3.88. The SMILES string of the molecule is CNC(CCc1ccc(F)cc1F)COC. The first-order valence-corrected chi connectivity index (χ1v) is 5.27. The maximum atomic E-state index is 13.3. The third-order valence-corrected chi connectivity index (χ3v) is 2.55. The van der Waals surface area contributed by atoms with Gasteiger partial charge < -0.3 is 10.1 Å². The number of aryl methyl sites for hydroxylation is 1. The van der Waals surface area contributed by atoms with E-state index in [1.807, 2.05) is 7.05 Å². The van der Waals surface area contributed by atoms with E-state index in [-0.39, 0.29) is 6.04 Å². The molecule has 1 atom stereocenters. The molecule has 0 radical (unpaired) electrons. The fourth-order valence-electron chi connectivity index (χ4n) is 1.57. The van der Waals surface area contributed by atoms with Gasteiger partial charge >= 0.3 is 0 Å². The largest absolute Gasteiger partial charge is 0.383 e. The lowest BCUT2D eigenvalue weighted by Gasteiger charge is -2.14. The molecule has 0 bridgehead atoms. The van der Waals surface area contributed by atoms with Crippen LogP contribution in [-0.4, -0.2) is 26.8 Å². The van der Waals surface area contributed by atoms with E-state index in [2.05, 4.69) is 5.32 Å². The zero-order valence-electron chi connectivity index (χ0n) is 9.59. The summed E-state index contributed by atoms with van der Waals surface area (Å²) in [5, 5.41) is 3.08. The van der Waals surface area contributed by atoms with Crippen LogP contribution < -0.4 is 5.32 Å². The topological polar surface area (TPSA) is 21.3 Å². The molecule has 0 amide bonds. The highest BCUT2D eigenvalue weighted by Crippen LogP contribution is 2.12. The Morgan fingerprint density at radius 3 is 2.69 bits per heavy atom. The molecule has 16 heavy (non-hydrogen) atoms. The molecular weight excluding hydrogens is 212 g/mol. The van der Waals surface area contributed by atoms with Gasteiger partial charge in [-0.3, -0.25) is 0 Å². The Hall–Kier alpha value is -1.00. The second-order valence-corrected chi connectivity index (χ2v) is 3.72. The van der Waals surface area contributed by atoms with Gasteiger partial charge in [-0.1, -0.05) is 6.07 Å². The smallest absolute Gasteiger partial charge is 0.129 e. The number of likely N-dealkylation sites (N-methyl/N-ethyl adjacent to an activating group) is 1. The van der Waals surface area contributed by atoms with E-state index in [0.29, 0.717) is 18.6 Å². The Kier molecular flexibility index (Phi) is 5.35. The van der Waals surface area contributed by atoms with E-state index in [4.69, 9.17) is 4.74 Å². The lowest BCUT2D eigenvalue weighted by molar-refractivity contribution is 0.166. The standard InChI is InChI=1S/C12H17F2NO/c1-15-11(8-16-2)6-4-9-3-5-10(13)7-12(9)14/h3,5,7,11,15H,4,6,8H2,1-2H3.